The summed E-state index contributed by atoms with van der Waals surface area (Å²) in [5, 5.41) is 22.1. The Labute approximate surface area is 207 Å². The molecule has 0 radical (unpaired) electrons. The van der Waals surface area contributed by atoms with E-state index in [9.17, 15) is 24.2 Å². The highest BCUT2D eigenvalue weighted by Crippen LogP contribution is 2.51. The average Bonchev–Trinajstić information content (AvgIpc) is 3.24. The van der Waals surface area contributed by atoms with E-state index in [0.717, 1.165) is 34.9 Å². The van der Waals surface area contributed by atoms with E-state index in [0.29, 0.717) is 35.3 Å². The van der Waals surface area contributed by atoms with Crippen molar-refractivity contribution in [3.05, 3.63) is 61.7 Å². The first-order chi connectivity index (χ1) is 17.2. The Morgan fingerprint density at radius 1 is 1.17 bits per heavy atom. The summed E-state index contributed by atoms with van der Waals surface area (Å²) >= 11 is 0. The zero-order valence-electron chi connectivity index (χ0n) is 20.7. The van der Waals surface area contributed by atoms with Crippen molar-refractivity contribution in [3.8, 4) is 11.4 Å². The predicted octanol–water partition coefficient (Wildman–Crippen LogP) is 3.50. The van der Waals surface area contributed by atoms with Gasteiger partial charge in [0.15, 0.2) is 5.60 Å². The van der Waals surface area contributed by atoms with E-state index in [1.807, 2.05) is 0 Å². The van der Waals surface area contributed by atoms with Gasteiger partial charge >= 0.3 is 5.97 Å². The normalized spacial score (nSPS) is 23.9. The first kappa shape index (κ1) is 23.3. The molecule has 36 heavy (non-hydrogen) atoms. The Hall–Kier alpha value is -3.10. The van der Waals surface area contributed by atoms with Gasteiger partial charge in [0.1, 0.15) is 12.4 Å². The van der Waals surface area contributed by atoms with Gasteiger partial charge in [-0.05, 0) is 67.2 Å². The number of benzene rings is 1. The largest absolute Gasteiger partial charge is 0.458 e. The lowest BCUT2D eigenvalue weighted by atomic mass is 9.64. The van der Waals surface area contributed by atoms with Gasteiger partial charge in [0, 0.05) is 29.2 Å². The molecule has 0 bridgehead atoms. The van der Waals surface area contributed by atoms with Gasteiger partial charge in [-0.1, -0.05) is 13.8 Å². The maximum absolute atomic E-state index is 15.0. The van der Waals surface area contributed by atoms with Crippen LogP contribution in [0.4, 0.5) is 4.39 Å². The van der Waals surface area contributed by atoms with E-state index in [1.54, 1.807) is 24.5 Å². The van der Waals surface area contributed by atoms with Gasteiger partial charge in [-0.3, -0.25) is 4.79 Å². The van der Waals surface area contributed by atoms with Crippen molar-refractivity contribution in [2.45, 2.75) is 77.0 Å². The van der Waals surface area contributed by atoms with E-state index in [1.165, 1.54) is 6.07 Å². The lowest BCUT2D eigenvalue weighted by Gasteiger charge is -2.40. The van der Waals surface area contributed by atoms with Crippen LogP contribution in [0.5, 0.6) is 0 Å². The second-order valence-corrected chi connectivity index (χ2v) is 10.4. The zero-order chi connectivity index (χ0) is 25.6. The number of aromatic nitrogens is 2. The molecule has 1 aliphatic carbocycles. The second-order valence-electron chi connectivity index (χ2n) is 10.4. The molecule has 0 amide bonds. The number of hydrogen-bond acceptors (Lipinski definition) is 6. The molecular weight excluding hydrogens is 463 g/mol. The minimum atomic E-state index is -1.91. The molecule has 0 unspecified atom stereocenters. The van der Waals surface area contributed by atoms with Gasteiger partial charge in [0.05, 0.1) is 29.0 Å². The monoisotopic (exact) mass is 492 g/mol. The summed E-state index contributed by atoms with van der Waals surface area (Å²) < 4.78 is 21.8. The highest BCUT2D eigenvalue weighted by atomic mass is 19.1. The Morgan fingerprint density at radius 2 is 1.94 bits per heavy atom. The van der Waals surface area contributed by atoms with Crippen molar-refractivity contribution in [1.82, 2.24) is 9.55 Å². The van der Waals surface area contributed by atoms with Crippen LogP contribution in [0.3, 0.4) is 0 Å². The highest BCUT2D eigenvalue weighted by Gasteiger charge is 2.46. The summed E-state index contributed by atoms with van der Waals surface area (Å²) in [5.74, 6) is -1.08. The number of pyridine rings is 2. The maximum Gasteiger partial charge on any atom is 0.343 e. The van der Waals surface area contributed by atoms with Gasteiger partial charge < -0.3 is 19.5 Å². The van der Waals surface area contributed by atoms with Crippen molar-refractivity contribution in [1.29, 1.82) is 0 Å². The number of cyclic esters (lactones) is 1. The maximum atomic E-state index is 15.0. The molecule has 1 aromatic carbocycles. The fraction of sp³-hybridized carbons (Fsp3) is 0.464. The van der Waals surface area contributed by atoms with Crippen LogP contribution in [0.2, 0.25) is 0 Å². The Bertz CT molecular complexity index is 1540. The molecule has 0 fully saturated rings. The Morgan fingerprint density at radius 3 is 2.64 bits per heavy atom. The van der Waals surface area contributed by atoms with Crippen LogP contribution < -0.4 is 5.56 Å². The molecule has 3 aromatic rings. The minimum Gasteiger partial charge on any atom is -0.458 e. The average molecular weight is 493 g/mol. The molecule has 7 nitrogen and oxygen atoms in total. The molecule has 2 aliphatic heterocycles. The third kappa shape index (κ3) is 2.77. The smallest absolute Gasteiger partial charge is 0.343 e. The van der Waals surface area contributed by atoms with Gasteiger partial charge in [-0.25, -0.2) is 14.2 Å². The van der Waals surface area contributed by atoms with Gasteiger partial charge in [-0.15, -0.1) is 0 Å². The van der Waals surface area contributed by atoms with E-state index in [-0.39, 0.29) is 54.1 Å². The standard InChI is InChI=1S/C28H29FN2O5/c1-4-27(8-9-32)7-6-15-14(3)19(29)11-20-22(15)23(27)16-12-31-21(24(16)30-20)10-18-17(25(31)33)13-36-26(34)28(18,35)5-2/h10-11,32,35H,4-9,12-13H2,1-3H3/t27-,28+/m1/s1. The number of fused-ring (bicyclic) bond motifs is 5. The van der Waals surface area contributed by atoms with Crippen LogP contribution in [0, 0.1) is 12.7 Å². The molecule has 2 N–H and O–H groups in total. The topological polar surface area (TPSA) is 102 Å². The number of halogens is 1. The molecule has 3 aliphatic rings. The zero-order valence-corrected chi connectivity index (χ0v) is 20.7. The summed E-state index contributed by atoms with van der Waals surface area (Å²) in [6, 6.07) is 3.15. The summed E-state index contributed by atoms with van der Waals surface area (Å²) in [5.41, 5.74) is 3.09. The van der Waals surface area contributed by atoms with Gasteiger partial charge in [0.25, 0.3) is 5.56 Å². The van der Waals surface area contributed by atoms with Crippen molar-refractivity contribution in [2.24, 2.45) is 0 Å². The van der Waals surface area contributed by atoms with Crippen LogP contribution in [0.1, 0.15) is 72.9 Å². The summed E-state index contributed by atoms with van der Waals surface area (Å²) in [4.78, 5) is 31.0. The number of aliphatic hydroxyl groups is 2. The van der Waals surface area contributed by atoms with Gasteiger partial charge in [-0.2, -0.15) is 0 Å². The molecule has 6 rings (SSSR count). The highest BCUT2D eigenvalue weighted by molar-refractivity contribution is 5.94. The fourth-order valence-corrected chi connectivity index (χ4v) is 6.77. The third-order valence-corrected chi connectivity index (χ3v) is 8.95. The van der Waals surface area contributed by atoms with Crippen molar-refractivity contribution < 1.29 is 24.1 Å². The lowest BCUT2D eigenvalue weighted by Crippen LogP contribution is -2.44. The second kappa shape index (κ2) is 7.70. The number of rotatable bonds is 4. The molecule has 188 valence electrons. The number of hydrogen-bond donors (Lipinski definition) is 2. The van der Waals surface area contributed by atoms with Crippen LogP contribution >= 0.6 is 0 Å². The lowest BCUT2D eigenvalue weighted by molar-refractivity contribution is -0.172. The number of carbonyl (C=O) groups is 1. The molecule has 0 saturated heterocycles. The van der Waals surface area contributed by atoms with Crippen LogP contribution in [0.25, 0.3) is 22.3 Å². The summed E-state index contributed by atoms with van der Waals surface area (Å²) in [6.45, 7) is 5.69. The quantitative estimate of drug-likeness (QED) is 0.423. The molecule has 2 atom stereocenters. The molecule has 0 spiro atoms. The number of aryl methyl sites for hydroxylation is 1. The van der Waals surface area contributed by atoms with Crippen molar-refractivity contribution in [3.63, 3.8) is 0 Å². The number of carbonyl (C=O) groups excluding carboxylic acids is 1. The first-order valence-corrected chi connectivity index (χ1v) is 12.6. The number of nitrogens with zero attached hydrogens (tertiary/aromatic N) is 2. The molecule has 4 heterocycles. The van der Waals surface area contributed by atoms with Crippen LogP contribution in [-0.4, -0.2) is 32.3 Å². The fourth-order valence-electron chi connectivity index (χ4n) is 6.77. The van der Waals surface area contributed by atoms with E-state index in [2.05, 4.69) is 6.92 Å². The van der Waals surface area contributed by atoms with Crippen molar-refractivity contribution >= 4 is 16.9 Å². The van der Waals surface area contributed by atoms with E-state index in [4.69, 9.17) is 9.72 Å². The molecule has 8 heteroatoms. The van der Waals surface area contributed by atoms with Crippen LogP contribution in [0.15, 0.2) is 16.9 Å². The molecule has 0 saturated carbocycles. The number of ether oxygens (including phenoxy) is 1. The molecular formula is C28H29FN2O5. The van der Waals surface area contributed by atoms with Crippen LogP contribution in [-0.2, 0) is 40.1 Å². The minimum absolute atomic E-state index is 0.0200. The van der Waals surface area contributed by atoms with E-state index < -0.39 is 11.6 Å². The molecule has 2 aromatic heterocycles. The number of esters is 1. The number of aliphatic hydroxyl groups excluding tert-OH is 1. The summed E-state index contributed by atoms with van der Waals surface area (Å²) in [6.07, 6.45) is 2.88. The Balaban J connectivity index is 1.72. The third-order valence-electron chi connectivity index (χ3n) is 8.95. The first-order valence-electron chi connectivity index (χ1n) is 12.6. The summed E-state index contributed by atoms with van der Waals surface area (Å²) in [7, 11) is 0. The van der Waals surface area contributed by atoms with Crippen molar-refractivity contribution in [2.75, 3.05) is 6.61 Å². The Kier molecular flexibility index (Phi) is 4.98. The predicted molar refractivity (Wildman–Crippen MR) is 131 cm³/mol. The van der Waals surface area contributed by atoms with E-state index >= 15 is 0 Å². The SMILES string of the molecule is CC[C@]1(CCO)CCc2c(C)c(F)cc3nc4c(c1c23)Cn1c-4cc2c(c1=O)COC(=O)[C@]2(O)CC. The van der Waals surface area contributed by atoms with Gasteiger partial charge in [0.2, 0.25) is 0 Å².